The number of anilines is 2. The summed E-state index contributed by atoms with van der Waals surface area (Å²) in [5.41, 5.74) is -0.985. The van der Waals surface area contributed by atoms with E-state index in [2.05, 4.69) is 10.4 Å². The van der Waals surface area contributed by atoms with Gasteiger partial charge in [-0.25, -0.2) is 0 Å². The zero-order chi connectivity index (χ0) is 23.6. The molecule has 0 aliphatic carbocycles. The van der Waals surface area contributed by atoms with Crippen LogP contribution in [0.25, 0.3) is 5.69 Å². The summed E-state index contributed by atoms with van der Waals surface area (Å²) in [5.74, 6) is -0.532. The van der Waals surface area contributed by atoms with Crippen LogP contribution in [0.5, 0.6) is 0 Å². The average molecular weight is 477 g/mol. The van der Waals surface area contributed by atoms with Crippen LogP contribution in [0, 0.1) is 5.92 Å². The molecule has 0 unspecified atom stereocenters. The lowest BCUT2D eigenvalue weighted by Gasteiger charge is -2.33. The standard InChI is InChI=1S/C23H20ClF3N4O2/c24-16-6-3-7-17(13-16)31-21(32)11-10-20(29-31)30-12-4-5-15(14-30)22(33)28-19-9-2-1-8-18(19)23(25,26)27/h1-3,6-11,13,15H,4-5,12,14H2,(H,28,33)/t15-/m0/s1. The number of amides is 1. The number of carbonyl (C=O) groups excluding carboxylic acids is 1. The number of aromatic nitrogens is 2. The highest BCUT2D eigenvalue weighted by Gasteiger charge is 2.34. The maximum absolute atomic E-state index is 13.3. The number of piperidine rings is 1. The van der Waals surface area contributed by atoms with Crippen LogP contribution in [-0.4, -0.2) is 28.8 Å². The van der Waals surface area contributed by atoms with E-state index in [4.69, 9.17) is 11.6 Å². The zero-order valence-corrected chi connectivity index (χ0v) is 18.1. The van der Waals surface area contributed by atoms with Crippen LogP contribution < -0.4 is 15.8 Å². The predicted octanol–water partition coefficient (Wildman–Crippen LogP) is 4.76. The molecule has 1 atom stereocenters. The Bertz CT molecular complexity index is 1230. The Labute approximate surface area is 192 Å². The van der Waals surface area contributed by atoms with Gasteiger partial charge in [0.15, 0.2) is 0 Å². The quantitative estimate of drug-likeness (QED) is 0.589. The molecule has 0 bridgehead atoms. The molecule has 1 fully saturated rings. The first kappa shape index (κ1) is 22.8. The molecule has 1 aromatic heterocycles. The number of benzene rings is 2. The van der Waals surface area contributed by atoms with Gasteiger partial charge in [0.2, 0.25) is 5.91 Å². The Hall–Kier alpha value is -3.33. The van der Waals surface area contributed by atoms with Crippen LogP contribution >= 0.6 is 11.6 Å². The van der Waals surface area contributed by atoms with Crippen molar-refractivity contribution in [3.05, 3.63) is 81.6 Å². The SMILES string of the molecule is O=C(Nc1ccccc1C(F)(F)F)[C@H]1CCCN(c2ccc(=O)n(-c3cccc(Cl)c3)n2)C1. The smallest absolute Gasteiger partial charge is 0.354 e. The molecule has 33 heavy (non-hydrogen) atoms. The molecule has 1 saturated heterocycles. The summed E-state index contributed by atoms with van der Waals surface area (Å²) in [5, 5.41) is 7.32. The van der Waals surface area contributed by atoms with Gasteiger partial charge in [0.25, 0.3) is 5.56 Å². The lowest BCUT2D eigenvalue weighted by Crippen LogP contribution is -2.42. The first-order valence-electron chi connectivity index (χ1n) is 10.3. The second-order valence-electron chi connectivity index (χ2n) is 7.74. The van der Waals surface area contributed by atoms with Gasteiger partial charge in [-0.05, 0) is 49.2 Å². The third-order valence-electron chi connectivity index (χ3n) is 5.45. The molecule has 3 aromatic rings. The van der Waals surface area contributed by atoms with Crippen molar-refractivity contribution in [2.75, 3.05) is 23.3 Å². The molecule has 4 rings (SSSR count). The lowest BCUT2D eigenvalue weighted by molar-refractivity contribution is -0.137. The van der Waals surface area contributed by atoms with E-state index in [9.17, 15) is 22.8 Å². The molecule has 0 spiro atoms. The minimum absolute atomic E-state index is 0.264. The molecule has 1 amide bonds. The van der Waals surface area contributed by atoms with Crippen LogP contribution in [0.15, 0.2) is 65.5 Å². The van der Waals surface area contributed by atoms with Crippen LogP contribution in [0.1, 0.15) is 18.4 Å². The summed E-state index contributed by atoms with van der Waals surface area (Å²) in [4.78, 5) is 27.0. The summed E-state index contributed by atoms with van der Waals surface area (Å²) in [6.45, 7) is 0.866. The maximum Gasteiger partial charge on any atom is 0.418 e. The molecular weight excluding hydrogens is 457 g/mol. The number of rotatable bonds is 4. The molecule has 0 radical (unpaired) electrons. The van der Waals surface area contributed by atoms with Gasteiger partial charge in [-0.2, -0.15) is 17.9 Å². The van der Waals surface area contributed by atoms with Crippen molar-refractivity contribution < 1.29 is 18.0 Å². The van der Waals surface area contributed by atoms with E-state index in [1.807, 2.05) is 4.90 Å². The van der Waals surface area contributed by atoms with Crippen LogP contribution in [-0.2, 0) is 11.0 Å². The molecule has 1 N–H and O–H groups in total. The Kier molecular flexibility index (Phi) is 6.42. The minimum Gasteiger partial charge on any atom is -0.354 e. The first-order valence-corrected chi connectivity index (χ1v) is 10.7. The van der Waals surface area contributed by atoms with Crippen molar-refractivity contribution in [2.45, 2.75) is 19.0 Å². The molecule has 1 aliphatic rings. The van der Waals surface area contributed by atoms with Gasteiger partial charge in [0.05, 0.1) is 22.9 Å². The number of hydrogen-bond acceptors (Lipinski definition) is 4. The molecule has 0 saturated carbocycles. The summed E-state index contributed by atoms with van der Waals surface area (Å²) in [6.07, 6.45) is -3.39. The number of nitrogens with one attached hydrogen (secondary N) is 1. The fraction of sp³-hybridized carbons (Fsp3) is 0.261. The van der Waals surface area contributed by atoms with Crippen molar-refractivity contribution in [2.24, 2.45) is 5.92 Å². The van der Waals surface area contributed by atoms with E-state index in [0.717, 1.165) is 6.07 Å². The van der Waals surface area contributed by atoms with Crippen LogP contribution in [0.4, 0.5) is 24.7 Å². The number of alkyl halides is 3. The van der Waals surface area contributed by atoms with Gasteiger partial charge in [-0.1, -0.05) is 29.8 Å². The molecule has 2 heterocycles. The molecule has 10 heteroatoms. The molecule has 1 aliphatic heterocycles. The van der Waals surface area contributed by atoms with Gasteiger partial charge < -0.3 is 10.2 Å². The minimum atomic E-state index is -4.57. The normalized spacial score (nSPS) is 16.5. The number of halogens is 4. The highest BCUT2D eigenvalue weighted by Crippen LogP contribution is 2.35. The Balaban J connectivity index is 1.53. The van der Waals surface area contributed by atoms with Crippen molar-refractivity contribution in [3.63, 3.8) is 0 Å². The molecule has 6 nitrogen and oxygen atoms in total. The summed E-state index contributed by atoms with van der Waals surface area (Å²) >= 11 is 6.03. The second kappa shape index (κ2) is 9.27. The highest BCUT2D eigenvalue weighted by molar-refractivity contribution is 6.30. The van der Waals surface area contributed by atoms with Gasteiger partial charge >= 0.3 is 6.18 Å². The van der Waals surface area contributed by atoms with E-state index in [1.165, 1.54) is 28.9 Å². The summed E-state index contributed by atoms with van der Waals surface area (Å²) < 4.78 is 41.0. The fourth-order valence-electron chi connectivity index (χ4n) is 3.84. The molecule has 2 aromatic carbocycles. The van der Waals surface area contributed by atoms with Crippen molar-refractivity contribution in [1.82, 2.24) is 9.78 Å². The van der Waals surface area contributed by atoms with Crippen LogP contribution in [0.2, 0.25) is 5.02 Å². The van der Waals surface area contributed by atoms with Gasteiger partial charge in [0, 0.05) is 24.2 Å². The molecule has 172 valence electrons. The number of hydrogen-bond donors (Lipinski definition) is 1. The summed E-state index contributed by atoms with van der Waals surface area (Å²) in [7, 11) is 0. The number of nitrogens with zero attached hydrogens (tertiary/aromatic N) is 3. The fourth-order valence-corrected chi connectivity index (χ4v) is 4.02. The van der Waals surface area contributed by atoms with Crippen molar-refractivity contribution in [3.8, 4) is 5.69 Å². The van der Waals surface area contributed by atoms with Gasteiger partial charge in [-0.3, -0.25) is 9.59 Å². The number of carbonyl (C=O) groups is 1. The highest BCUT2D eigenvalue weighted by atomic mass is 35.5. The van der Waals surface area contributed by atoms with E-state index >= 15 is 0 Å². The maximum atomic E-state index is 13.3. The van der Waals surface area contributed by atoms with E-state index in [1.54, 1.807) is 30.3 Å². The summed E-state index contributed by atoms with van der Waals surface area (Å²) in [6, 6.07) is 14.6. The monoisotopic (exact) mass is 476 g/mol. The van der Waals surface area contributed by atoms with Gasteiger partial charge in [-0.15, -0.1) is 5.10 Å². The van der Waals surface area contributed by atoms with Gasteiger partial charge in [0.1, 0.15) is 5.82 Å². The average Bonchev–Trinajstić information content (AvgIpc) is 2.79. The van der Waals surface area contributed by atoms with E-state index in [-0.39, 0.29) is 17.8 Å². The second-order valence-corrected chi connectivity index (χ2v) is 8.18. The Morgan fingerprint density at radius 2 is 1.88 bits per heavy atom. The third-order valence-corrected chi connectivity index (χ3v) is 5.68. The largest absolute Gasteiger partial charge is 0.418 e. The number of para-hydroxylation sites is 1. The Morgan fingerprint density at radius 1 is 1.09 bits per heavy atom. The topological polar surface area (TPSA) is 67.2 Å². The Morgan fingerprint density at radius 3 is 2.64 bits per heavy atom. The lowest BCUT2D eigenvalue weighted by atomic mass is 9.96. The zero-order valence-electron chi connectivity index (χ0n) is 17.3. The predicted molar refractivity (Wildman–Crippen MR) is 120 cm³/mol. The van der Waals surface area contributed by atoms with Crippen molar-refractivity contribution in [1.29, 1.82) is 0 Å². The van der Waals surface area contributed by atoms with Crippen LogP contribution in [0.3, 0.4) is 0 Å². The van der Waals surface area contributed by atoms with E-state index in [0.29, 0.717) is 35.9 Å². The molecular formula is C23H20ClF3N4O2. The third kappa shape index (κ3) is 5.19. The van der Waals surface area contributed by atoms with Crippen molar-refractivity contribution >= 4 is 29.0 Å². The van der Waals surface area contributed by atoms with E-state index < -0.39 is 23.6 Å². The first-order chi connectivity index (χ1) is 15.7.